The van der Waals surface area contributed by atoms with E-state index >= 15 is 0 Å². The van der Waals surface area contributed by atoms with E-state index < -0.39 is 5.41 Å². The lowest BCUT2D eigenvalue weighted by molar-refractivity contribution is 0.322. The molecule has 66 valence electrons. The Morgan fingerprint density at radius 3 is 2.69 bits per heavy atom. The highest BCUT2D eigenvalue weighted by atomic mass is 19.1. The summed E-state index contributed by atoms with van der Waals surface area (Å²) in [6.45, 7) is 0. The zero-order valence-electron chi connectivity index (χ0n) is 7.13. The molecule has 1 aliphatic rings. The van der Waals surface area contributed by atoms with Gasteiger partial charge in [-0.2, -0.15) is 5.26 Å². The molecule has 0 bridgehead atoms. The molecule has 0 atom stereocenters. The molecular weight excluding hydrogens is 167 g/mol. The van der Waals surface area contributed by atoms with Crippen molar-refractivity contribution >= 4 is 0 Å². The van der Waals surface area contributed by atoms with E-state index in [4.69, 9.17) is 5.26 Å². The predicted octanol–water partition coefficient (Wildman–Crippen LogP) is 2.17. The van der Waals surface area contributed by atoms with Crippen LogP contribution in [0.2, 0.25) is 0 Å². The maximum Gasteiger partial charge on any atom is 0.141 e. The first-order valence-electron chi connectivity index (χ1n) is 4.29. The summed E-state index contributed by atoms with van der Waals surface area (Å²) in [6.07, 6.45) is 5.45. The van der Waals surface area contributed by atoms with Crippen molar-refractivity contribution in [2.75, 3.05) is 0 Å². The molecule has 0 N–H and O–H groups in total. The minimum atomic E-state index is -0.449. The van der Waals surface area contributed by atoms with E-state index in [2.05, 4.69) is 11.1 Å². The Morgan fingerprint density at radius 1 is 1.46 bits per heavy atom. The van der Waals surface area contributed by atoms with E-state index in [1.54, 1.807) is 6.20 Å². The van der Waals surface area contributed by atoms with Gasteiger partial charge in [0.1, 0.15) is 5.82 Å². The first-order chi connectivity index (χ1) is 6.27. The summed E-state index contributed by atoms with van der Waals surface area (Å²) in [6, 6.07) is 3.66. The van der Waals surface area contributed by atoms with Gasteiger partial charge < -0.3 is 0 Å². The molecule has 0 aliphatic heterocycles. The van der Waals surface area contributed by atoms with Crippen LogP contribution in [-0.2, 0) is 5.41 Å². The Labute approximate surface area is 76.0 Å². The predicted molar refractivity (Wildman–Crippen MR) is 45.3 cm³/mol. The zero-order valence-corrected chi connectivity index (χ0v) is 7.13. The first kappa shape index (κ1) is 8.18. The molecule has 0 radical (unpaired) electrons. The lowest BCUT2D eigenvalue weighted by Crippen LogP contribution is -2.32. The van der Waals surface area contributed by atoms with Crippen LogP contribution in [-0.4, -0.2) is 4.98 Å². The number of halogens is 1. The van der Waals surface area contributed by atoms with Gasteiger partial charge in [0.15, 0.2) is 0 Å². The van der Waals surface area contributed by atoms with Crippen LogP contribution >= 0.6 is 0 Å². The van der Waals surface area contributed by atoms with E-state index in [0.29, 0.717) is 0 Å². The SMILES string of the molecule is N#CC1(c2cncc(F)c2)CCC1. The molecule has 0 saturated heterocycles. The van der Waals surface area contributed by atoms with Gasteiger partial charge in [0, 0.05) is 6.20 Å². The molecule has 0 spiro atoms. The number of aromatic nitrogens is 1. The number of hydrogen-bond donors (Lipinski definition) is 0. The van der Waals surface area contributed by atoms with Crippen molar-refractivity contribution in [3.05, 3.63) is 29.8 Å². The van der Waals surface area contributed by atoms with Crippen molar-refractivity contribution in [1.82, 2.24) is 4.98 Å². The molecule has 1 aliphatic carbocycles. The minimum Gasteiger partial charge on any atom is -0.261 e. The summed E-state index contributed by atoms with van der Waals surface area (Å²) in [5.41, 5.74) is 0.274. The summed E-state index contributed by atoms with van der Waals surface area (Å²) < 4.78 is 12.8. The van der Waals surface area contributed by atoms with E-state index in [1.807, 2.05) is 0 Å². The molecule has 0 aromatic carbocycles. The molecule has 0 amide bonds. The van der Waals surface area contributed by atoms with Gasteiger partial charge in [-0.25, -0.2) is 4.39 Å². The molecule has 0 unspecified atom stereocenters. The van der Waals surface area contributed by atoms with Crippen molar-refractivity contribution in [1.29, 1.82) is 5.26 Å². The van der Waals surface area contributed by atoms with Gasteiger partial charge in [-0.05, 0) is 30.9 Å². The second-order valence-electron chi connectivity index (χ2n) is 3.44. The van der Waals surface area contributed by atoms with Crippen LogP contribution in [0.3, 0.4) is 0 Å². The number of nitrogens with zero attached hydrogens (tertiary/aromatic N) is 2. The highest BCUT2D eigenvalue weighted by molar-refractivity contribution is 5.33. The van der Waals surface area contributed by atoms with Gasteiger partial charge >= 0.3 is 0 Å². The van der Waals surface area contributed by atoms with Crippen LogP contribution < -0.4 is 0 Å². The lowest BCUT2D eigenvalue weighted by Gasteiger charge is -2.35. The third kappa shape index (κ3) is 1.19. The summed E-state index contributed by atoms with van der Waals surface area (Å²) in [7, 11) is 0. The molecule has 3 heteroatoms. The van der Waals surface area contributed by atoms with Crippen LogP contribution in [0.25, 0.3) is 0 Å². The Morgan fingerprint density at radius 2 is 2.23 bits per heavy atom. The highest BCUT2D eigenvalue weighted by Crippen LogP contribution is 2.42. The Kier molecular flexibility index (Phi) is 1.77. The van der Waals surface area contributed by atoms with Crippen molar-refractivity contribution in [2.45, 2.75) is 24.7 Å². The zero-order chi connectivity index (χ0) is 9.31. The van der Waals surface area contributed by atoms with Gasteiger partial charge in [-0.15, -0.1) is 0 Å². The van der Waals surface area contributed by atoms with Gasteiger partial charge in [0.05, 0.1) is 17.7 Å². The molecule has 1 heterocycles. The number of pyridine rings is 1. The summed E-state index contributed by atoms with van der Waals surface area (Å²) in [5.74, 6) is -0.362. The lowest BCUT2D eigenvalue weighted by atomic mass is 9.66. The fourth-order valence-electron chi connectivity index (χ4n) is 1.67. The van der Waals surface area contributed by atoms with Gasteiger partial charge in [0.2, 0.25) is 0 Å². The molecule has 13 heavy (non-hydrogen) atoms. The third-order valence-corrected chi connectivity index (χ3v) is 2.68. The molecule has 1 aromatic heterocycles. The summed E-state index contributed by atoms with van der Waals surface area (Å²) in [4.78, 5) is 3.75. The Hall–Kier alpha value is -1.43. The Balaban J connectivity index is 2.40. The van der Waals surface area contributed by atoms with Crippen molar-refractivity contribution < 1.29 is 4.39 Å². The van der Waals surface area contributed by atoms with Crippen LogP contribution in [0, 0.1) is 17.1 Å². The van der Waals surface area contributed by atoms with Crippen LogP contribution in [0.1, 0.15) is 24.8 Å². The molecule has 2 nitrogen and oxygen atoms in total. The average Bonchev–Trinajstić information content (AvgIpc) is 2.03. The van der Waals surface area contributed by atoms with E-state index in [9.17, 15) is 4.39 Å². The topological polar surface area (TPSA) is 36.7 Å². The fraction of sp³-hybridized carbons (Fsp3) is 0.400. The number of rotatable bonds is 1. The van der Waals surface area contributed by atoms with Gasteiger partial charge in [-0.3, -0.25) is 4.98 Å². The number of hydrogen-bond acceptors (Lipinski definition) is 2. The maximum atomic E-state index is 12.8. The molecule has 1 saturated carbocycles. The first-order valence-corrected chi connectivity index (χ1v) is 4.29. The number of nitriles is 1. The largest absolute Gasteiger partial charge is 0.261 e. The van der Waals surface area contributed by atoms with Crippen LogP contribution in [0.5, 0.6) is 0 Å². The van der Waals surface area contributed by atoms with Crippen LogP contribution in [0.15, 0.2) is 18.5 Å². The van der Waals surface area contributed by atoms with E-state index in [0.717, 1.165) is 31.0 Å². The van der Waals surface area contributed by atoms with Crippen molar-refractivity contribution in [3.63, 3.8) is 0 Å². The molecular formula is C10H9FN2. The van der Waals surface area contributed by atoms with Crippen molar-refractivity contribution in [2.24, 2.45) is 0 Å². The molecule has 2 rings (SSSR count). The minimum absolute atomic E-state index is 0.362. The third-order valence-electron chi connectivity index (χ3n) is 2.68. The smallest absolute Gasteiger partial charge is 0.141 e. The molecule has 1 aromatic rings. The van der Waals surface area contributed by atoms with E-state index in [-0.39, 0.29) is 5.82 Å². The summed E-state index contributed by atoms with van der Waals surface area (Å²) >= 11 is 0. The van der Waals surface area contributed by atoms with Crippen molar-refractivity contribution in [3.8, 4) is 6.07 Å². The second-order valence-corrected chi connectivity index (χ2v) is 3.44. The quantitative estimate of drug-likeness (QED) is 0.657. The second kappa shape index (κ2) is 2.81. The normalized spacial score (nSPS) is 18.8. The molecule has 1 fully saturated rings. The monoisotopic (exact) mass is 176 g/mol. The standard InChI is InChI=1S/C10H9FN2/c11-9-4-8(5-13-6-9)10(7-12)2-1-3-10/h4-6H,1-3H2. The fourth-order valence-corrected chi connectivity index (χ4v) is 1.67. The highest BCUT2D eigenvalue weighted by Gasteiger charge is 2.39. The van der Waals surface area contributed by atoms with Gasteiger partial charge in [-0.1, -0.05) is 0 Å². The van der Waals surface area contributed by atoms with Crippen LogP contribution in [0.4, 0.5) is 4.39 Å². The van der Waals surface area contributed by atoms with E-state index in [1.165, 1.54) is 6.07 Å². The maximum absolute atomic E-state index is 12.8. The van der Waals surface area contributed by atoms with Gasteiger partial charge in [0.25, 0.3) is 0 Å². The summed E-state index contributed by atoms with van der Waals surface area (Å²) in [5, 5.41) is 8.98. The average molecular weight is 176 g/mol. The Bertz CT molecular complexity index is 363.